The van der Waals surface area contributed by atoms with Crippen LogP contribution in [-0.2, 0) is 0 Å². The van der Waals surface area contributed by atoms with Crippen LogP contribution in [0.4, 0.5) is 0 Å². The maximum atomic E-state index is 5.92. The van der Waals surface area contributed by atoms with Crippen LogP contribution in [0.2, 0.25) is 5.02 Å². The molecule has 0 atom stereocenters. The van der Waals surface area contributed by atoms with Gasteiger partial charge in [-0.1, -0.05) is 29.8 Å². The lowest BCUT2D eigenvalue weighted by molar-refractivity contribution is 1.67. The van der Waals surface area contributed by atoms with Gasteiger partial charge in [0.2, 0.25) is 0 Å². The van der Waals surface area contributed by atoms with Crippen LogP contribution in [0.25, 0.3) is 20.9 Å². The summed E-state index contributed by atoms with van der Waals surface area (Å²) in [6.07, 6.45) is 0. The number of hydrogen-bond donors (Lipinski definition) is 0. The van der Waals surface area contributed by atoms with E-state index in [0.717, 1.165) is 5.02 Å². The summed E-state index contributed by atoms with van der Waals surface area (Å²) in [6.45, 7) is 0. The average molecular weight is 277 g/mol. The lowest BCUT2D eigenvalue weighted by Crippen LogP contribution is -1.76. The van der Waals surface area contributed by atoms with E-state index >= 15 is 0 Å². The lowest BCUT2D eigenvalue weighted by atomic mass is 10.1. The molecule has 0 aliphatic heterocycles. The second kappa shape index (κ2) is 4.65. The molecule has 1 aromatic carbocycles. The number of rotatable bonds is 2. The van der Waals surface area contributed by atoms with E-state index < -0.39 is 0 Å². The maximum absolute atomic E-state index is 5.92. The number of hydrogen-bond acceptors (Lipinski definition) is 2. The minimum absolute atomic E-state index is 0.779. The molecule has 0 radical (unpaired) electrons. The molecule has 0 N–H and O–H groups in total. The largest absolute Gasteiger partial charge is 0.143 e. The predicted octanol–water partition coefficient (Wildman–Crippen LogP) is 5.80. The van der Waals surface area contributed by atoms with Crippen LogP contribution in [-0.4, -0.2) is 0 Å². The third kappa shape index (κ3) is 2.16. The minimum atomic E-state index is 0.779. The fourth-order valence-corrected chi connectivity index (χ4v) is 3.69. The molecular formula is C14H9ClS2. The van der Waals surface area contributed by atoms with Crippen LogP contribution in [0.3, 0.4) is 0 Å². The highest BCUT2D eigenvalue weighted by molar-refractivity contribution is 7.20. The molecule has 0 aliphatic rings. The Morgan fingerprint density at radius 1 is 0.824 bits per heavy atom. The Morgan fingerprint density at radius 2 is 1.65 bits per heavy atom. The van der Waals surface area contributed by atoms with Gasteiger partial charge in [-0.05, 0) is 40.6 Å². The zero-order valence-electron chi connectivity index (χ0n) is 8.89. The Kier molecular flexibility index (Phi) is 3.02. The Bertz CT molecular complexity index is 606. The van der Waals surface area contributed by atoms with Gasteiger partial charge in [0, 0.05) is 15.5 Å². The standard InChI is InChI=1S/C14H9ClS2/c15-11-5-3-10(4-6-11)12-7-9-17-14(12)13-2-1-8-16-13/h1-9H. The summed E-state index contributed by atoms with van der Waals surface area (Å²) in [6, 6.07) is 14.4. The van der Waals surface area contributed by atoms with Crippen molar-refractivity contribution in [3.05, 3.63) is 58.2 Å². The SMILES string of the molecule is Clc1ccc(-c2ccsc2-c2cccs2)cc1. The van der Waals surface area contributed by atoms with E-state index in [-0.39, 0.29) is 0 Å². The Morgan fingerprint density at radius 3 is 2.35 bits per heavy atom. The molecule has 2 aromatic heterocycles. The topological polar surface area (TPSA) is 0 Å². The first kappa shape index (κ1) is 11.0. The average Bonchev–Trinajstić information content (AvgIpc) is 3.00. The van der Waals surface area contributed by atoms with Crippen molar-refractivity contribution in [2.24, 2.45) is 0 Å². The molecule has 2 heterocycles. The van der Waals surface area contributed by atoms with Gasteiger partial charge in [0.15, 0.2) is 0 Å². The van der Waals surface area contributed by atoms with Crippen molar-refractivity contribution in [3.8, 4) is 20.9 Å². The molecular weight excluding hydrogens is 268 g/mol. The zero-order valence-corrected chi connectivity index (χ0v) is 11.3. The Hall–Kier alpha value is -1.09. The van der Waals surface area contributed by atoms with Crippen molar-refractivity contribution >= 4 is 34.3 Å². The lowest BCUT2D eigenvalue weighted by Gasteiger charge is -2.02. The van der Waals surface area contributed by atoms with E-state index in [4.69, 9.17) is 11.6 Å². The molecule has 0 saturated carbocycles. The number of halogens is 1. The Balaban J connectivity index is 2.10. The fraction of sp³-hybridized carbons (Fsp3) is 0. The van der Waals surface area contributed by atoms with Crippen molar-refractivity contribution in [2.75, 3.05) is 0 Å². The third-order valence-corrected chi connectivity index (χ3v) is 4.78. The first-order valence-corrected chi connectivity index (χ1v) is 7.35. The summed E-state index contributed by atoms with van der Waals surface area (Å²) >= 11 is 9.48. The van der Waals surface area contributed by atoms with Gasteiger partial charge in [-0.2, -0.15) is 0 Å². The van der Waals surface area contributed by atoms with Gasteiger partial charge < -0.3 is 0 Å². The summed E-state index contributed by atoms with van der Waals surface area (Å²) in [5.74, 6) is 0. The van der Waals surface area contributed by atoms with E-state index in [1.165, 1.54) is 20.9 Å². The molecule has 0 spiro atoms. The van der Waals surface area contributed by atoms with Gasteiger partial charge in [0.25, 0.3) is 0 Å². The van der Waals surface area contributed by atoms with Gasteiger partial charge in [-0.15, -0.1) is 22.7 Å². The van der Waals surface area contributed by atoms with Crippen LogP contribution in [0.5, 0.6) is 0 Å². The summed E-state index contributed by atoms with van der Waals surface area (Å²) in [5.41, 5.74) is 2.51. The predicted molar refractivity (Wildman–Crippen MR) is 78.1 cm³/mol. The van der Waals surface area contributed by atoms with E-state index in [9.17, 15) is 0 Å². The summed E-state index contributed by atoms with van der Waals surface area (Å²) in [7, 11) is 0. The number of thiophene rings is 2. The van der Waals surface area contributed by atoms with Crippen LogP contribution in [0.1, 0.15) is 0 Å². The van der Waals surface area contributed by atoms with E-state index in [1.54, 1.807) is 22.7 Å². The van der Waals surface area contributed by atoms with Crippen LogP contribution in [0, 0.1) is 0 Å². The van der Waals surface area contributed by atoms with Gasteiger partial charge in [0.05, 0.1) is 4.88 Å². The highest BCUT2D eigenvalue weighted by Gasteiger charge is 2.09. The van der Waals surface area contributed by atoms with Crippen LogP contribution in [0.15, 0.2) is 53.2 Å². The molecule has 0 bridgehead atoms. The third-order valence-electron chi connectivity index (χ3n) is 2.57. The molecule has 3 heteroatoms. The highest BCUT2D eigenvalue weighted by Crippen LogP contribution is 2.39. The molecule has 3 rings (SSSR count). The maximum Gasteiger partial charge on any atom is 0.0520 e. The van der Waals surface area contributed by atoms with Gasteiger partial charge in [0.1, 0.15) is 0 Å². The first-order chi connectivity index (χ1) is 8.34. The van der Waals surface area contributed by atoms with Crippen molar-refractivity contribution in [1.29, 1.82) is 0 Å². The first-order valence-electron chi connectivity index (χ1n) is 5.22. The molecule has 3 aromatic rings. The van der Waals surface area contributed by atoms with Crippen molar-refractivity contribution in [1.82, 2.24) is 0 Å². The van der Waals surface area contributed by atoms with Crippen molar-refractivity contribution < 1.29 is 0 Å². The Labute approximate surface area is 113 Å². The zero-order chi connectivity index (χ0) is 11.7. The van der Waals surface area contributed by atoms with E-state index in [1.807, 2.05) is 12.1 Å². The molecule has 84 valence electrons. The summed E-state index contributed by atoms with van der Waals surface area (Å²) in [5, 5.41) is 5.03. The molecule has 0 saturated heterocycles. The molecule has 0 amide bonds. The van der Waals surface area contributed by atoms with Gasteiger partial charge >= 0.3 is 0 Å². The van der Waals surface area contributed by atoms with Crippen molar-refractivity contribution in [3.63, 3.8) is 0 Å². The highest BCUT2D eigenvalue weighted by atomic mass is 35.5. The second-order valence-electron chi connectivity index (χ2n) is 3.65. The molecule has 0 aliphatic carbocycles. The van der Waals surface area contributed by atoms with Crippen LogP contribution >= 0.6 is 34.3 Å². The quantitative estimate of drug-likeness (QED) is 0.555. The van der Waals surface area contributed by atoms with Crippen LogP contribution < -0.4 is 0 Å². The molecule has 0 unspecified atom stereocenters. The van der Waals surface area contributed by atoms with E-state index in [0.29, 0.717) is 0 Å². The summed E-state index contributed by atoms with van der Waals surface area (Å²) in [4.78, 5) is 2.66. The van der Waals surface area contributed by atoms with Crippen molar-refractivity contribution in [2.45, 2.75) is 0 Å². The minimum Gasteiger partial charge on any atom is -0.143 e. The normalized spacial score (nSPS) is 10.6. The fourth-order valence-electron chi connectivity index (χ4n) is 1.76. The monoisotopic (exact) mass is 276 g/mol. The second-order valence-corrected chi connectivity index (χ2v) is 5.95. The van der Waals surface area contributed by atoms with Gasteiger partial charge in [-0.25, -0.2) is 0 Å². The number of benzene rings is 1. The summed E-state index contributed by atoms with van der Waals surface area (Å²) < 4.78 is 0. The molecule has 0 fully saturated rings. The van der Waals surface area contributed by atoms with Gasteiger partial charge in [-0.3, -0.25) is 0 Å². The smallest absolute Gasteiger partial charge is 0.0520 e. The van der Waals surface area contributed by atoms with E-state index in [2.05, 4.69) is 41.1 Å². The molecule has 17 heavy (non-hydrogen) atoms. The molecule has 0 nitrogen and oxygen atoms in total.